The van der Waals surface area contributed by atoms with Crippen molar-refractivity contribution < 1.29 is 19.4 Å². The van der Waals surface area contributed by atoms with Gasteiger partial charge in [0.15, 0.2) is 0 Å². The number of nitrogens with one attached hydrogen (secondary N) is 2. The Morgan fingerprint density at radius 1 is 1.14 bits per heavy atom. The van der Waals surface area contributed by atoms with Gasteiger partial charge in [-0.15, -0.1) is 0 Å². The highest BCUT2D eigenvalue weighted by Gasteiger charge is 2.24. The molecule has 0 fully saturated rings. The Kier molecular flexibility index (Phi) is 8.45. The summed E-state index contributed by atoms with van der Waals surface area (Å²) < 4.78 is 5.26. The summed E-state index contributed by atoms with van der Waals surface area (Å²) in [5.74, 6) is -0.529. The van der Waals surface area contributed by atoms with Crippen molar-refractivity contribution >= 4 is 12.1 Å². The molecule has 0 aromatic carbocycles. The lowest BCUT2D eigenvalue weighted by atomic mass is 10.0. The molecule has 0 aromatic rings. The van der Waals surface area contributed by atoms with Gasteiger partial charge >= 0.3 is 12.1 Å². The van der Waals surface area contributed by atoms with Crippen LogP contribution in [0.2, 0.25) is 0 Å². The van der Waals surface area contributed by atoms with E-state index in [4.69, 9.17) is 4.74 Å². The van der Waals surface area contributed by atoms with E-state index < -0.39 is 23.7 Å². The van der Waals surface area contributed by atoms with Crippen LogP contribution in [-0.2, 0) is 9.53 Å². The molecule has 0 spiro atoms. The third kappa shape index (κ3) is 9.60. The zero-order valence-corrected chi connectivity index (χ0v) is 14.9. The molecule has 2 atom stereocenters. The number of amides is 1. The predicted molar refractivity (Wildman–Crippen MR) is 86.9 cm³/mol. The molecule has 0 heterocycles. The van der Waals surface area contributed by atoms with Gasteiger partial charge in [-0.05, 0) is 39.0 Å². The van der Waals surface area contributed by atoms with Crippen LogP contribution in [0, 0.1) is 11.8 Å². The Labute approximate surface area is 134 Å². The molecule has 0 radical (unpaired) electrons. The molecule has 0 saturated heterocycles. The van der Waals surface area contributed by atoms with Crippen molar-refractivity contribution in [1.82, 2.24) is 10.6 Å². The Morgan fingerprint density at radius 3 is 2.05 bits per heavy atom. The number of carboxylic acids is 1. The number of hydrogen-bond acceptors (Lipinski definition) is 4. The first kappa shape index (κ1) is 20.7. The van der Waals surface area contributed by atoms with E-state index >= 15 is 0 Å². The Balaban J connectivity index is 4.64. The molecule has 0 aliphatic carbocycles. The van der Waals surface area contributed by atoms with Crippen LogP contribution in [0.3, 0.4) is 0 Å². The van der Waals surface area contributed by atoms with Crippen molar-refractivity contribution in [1.29, 1.82) is 0 Å². The van der Waals surface area contributed by atoms with Crippen molar-refractivity contribution in [2.45, 2.75) is 72.6 Å². The number of ether oxygens (including phenoxy) is 1. The predicted octanol–water partition coefficient (Wildman–Crippen LogP) is 2.62. The first-order valence-electron chi connectivity index (χ1n) is 7.88. The lowest BCUT2D eigenvalue weighted by molar-refractivity contribution is -0.140. The van der Waals surface area contributed by atoms with E-state index in [0.717, 1.165) is 6.42 Å². The molecular weight excluding hydrogens is 284 g/mol. The van der Waals surface area contributed by atoms with E-state index in [1.165, 1.54) is 0 Å². The largest absolute Gasteiger partial charge is 0.480 e. The molecular formula is C16H32N2O4. The van der Waals surface area contributed by atoms with E-state index in [2.05, 4.69) is 24.5 Å². The lowest BCUT2D eigenvalue weighted by Gasteiger charge is -2.26. The minimum atomic E-state index is -0.879. The monoisotopic (exact) mass is 316 g/mol. The number of hydrogen-bond donors (Lipinski definition) is 3. The maximum absolute atomic E-state index is 11.9. The van der Waals surface area contributed by atoms with Crippen LogP contribution >= 0.6 is 0 Å². The zero-order chi connectivity index (χ0) is 17.5. The fourth-order valence-corrected chi connectivity index (χ4v) is 2.11. The highest BCUT2D eigenvalue weighted by molar-refractivity contribution is 5.73. The van der Waals surface area contributed by atoms with Gasteiger partial charge in [0.25, 0.3) is 0 Å². The highest BCUT2D eigenvalue weighted by Crippen LogP contribution is 2.10. The van der Waals surface area contributed by atoms with Gasteiger partial charge in [-0.3, -0.25) is 4.79 Å². The average molecular weight is 316 g/mol. The smallest absolute Gasteiger partial charge is 0.407 e. The van der Waals surface area contributed by atoms with Crippen molar-refractivity contribution in [2.75, 3.05) is 6.54 Å². The molecule has 0 aromatic heterocycles. The first-order valence-corrected chi connectivity index (χ1v) is 7.88. The van der Waals surface area contributed by atoms with Gasteiger partial charge in [0.2, 0.25) is 0 Å². The molecule has 0 bridgehead atoms. The number of carbonyl (C=O) groups excluding carboxylic acids is 1. The van der Waals surface area contributed by atoms with E-state index in [9.17, 15) is 14.7 Å². The minimum absolute atomic E-state index is 0.0290. The number of carboxylic acid groups (broad SMARTS) is 1. The number of carbonyl (C=O) groups is 2. The van der Waals surface area contributed by atoms with Gasteiger partial charge in [-0.2, -0.15) is 0 Å². The van der Waals surface area contributed by atoms with E-state index in [-0.39, 0.29) is 12.0 Å². The molecule has 6 heteroatoms. The zero-order valence-electron chi connectivity index (χ0n) is 14.9. The molecule has 0 unspecified atom stereocenters. The Morgan fingerprint density at radius 2 is 1.68 bits per heavy atom. The Bertz CT molecular complexity index is 362. The lowest BCUT2D eigenvalue weighted by Crippen LogP contribution is -2.50. The minimum Gasteiger partial charge on any atom is -0.480 e. The van der Waals surface area contributed by atoms with Gasteiger partial charge in [0.1, 0.15) is 11.6 Å². The maximum atomic E-state index is 11.9. The second-order valence-corrected chi connectivity index (χ2v) is 7.44. The van der Waals surface area contributed by atoms with Crippen LogP contribution in [0.15, 0.2) is 0 Å². The van der Waals surface area contributed by atoms with Crippen LogP contribution < -0.4 is 10.6 Å². The molecule has 1 amide bonds. The van der Waals surface area contributed by atoms with Gasteiger partial charge in [0.05, 0.1) is 0 Å². The molecule has 0 aliphatic rings. The van der Waals surface area contributed by atoms with Gasteiger partial charge in [-0.1, -0.05) is 27.7 Å². The first-order chi connectivity index (χ1) is 9.92. The molecule has 0 saturated carbocycles. The molecule has 6 nitrogen and oxygen atoms in total. The van der Waals surface area contributed by atoms with Crippen LogP contribution in [0.5, 0.6) is 0 Å². The second kappa shape index (κ2) is 8.98. The van der Waals surface area contributed by atoms with Crippen LogP contribution in [0.25, 0.3) is 0 Å². The molecule has 3 N–H and O–H groups in total. The third-order valence-corrected chi connectivity index (χ3v) is 2.99. The summed E-state index contributed by atoms with van der Waals surface area (Å²) in [4.78, 5) is 23.1. The second-order valence-electron chi connectivity index (χ2n) is 7.44. The van der Waals surface area contributed by atoms with Gasteiger partial charge < -0.3 is 20.5 Å². The summed E-state index contributed by atoms with van der Waals surface area (Å²) in [7, 11) is 0. The SMILES string of the molecule is CC(C)C[C@H](CN[C@H](C(=O)O)C(C)C)NC(=O)OC(C)(C)C. The highest BCUT2D eigenvalue weighted by atomic mass is 16.6. The van der Waals surface area contributed by atoms with Crippen molar-refractivity contribution in [3.8, 4) is 0 Å². The number of alkyl carbamates (subject to hydrolysis) is 1. The topological polar surface area (TPSA) is 87.7 Å². The number of rotatable bonds is 8. The van der Waals surface area contributed by atoms with Crippen LogP contribution in [0.4, 0.5) is 4.79 Å². The van der Waals surface area contributed by atoms with Crippen LogP contribution in [-0.4, -0.2) is 41.4 Å². The molecule has 0 aliphatic heterocycles. The standard InChI is InChI=1S/C16H32N2O4/c1-10(2)8-12(18-15(21)22-16(5,6)7)9-17-13(11(3)4)14(19)20/h10-13,17H,8-9H2,1-7H3,(H,18,21)(H,19,20)/t12-,13+/m1/s1. The van der Waals surface area contributed by atoms with Gasteiger partial charge in [0, 0.05) is 12.6 Å². The molecule has 0 rings (SSSR count). The van der Waals surface area contributed by atoms with Crippen molar-refractivity contribution in [2.24, 2.45) is 11.8 Å². The summed E-state index contributed by atoms with van der Waals surface area (Å²) in [6.45, 7) is 13.6. The van der Waals surface area contributed by atoms with E-state index in [1.54, 1.807) is 0 Å². The summed E-state index contributed by atoms with van der Waals surface area (Å²) >= 11 is 0. The normalized spacial score (nSPS) is 14.8. The van der Waals surface area contributed by atoms with Crippen molar-refractivity contribution in [3.63, 3.8) is 0 Å². The molecule has 130 valence electrons. The quantitative estimate of drug-likeness (QED) is 0.641. The van der Waals surface area contributed by atoms with Crippen molar-refractivity contribution in [3.05, 3.63) is 0 Å². The van der Waals surface area contributed by atoms with E-state index in [0.29, 0.717) is 12.5 Å². The maximum Gasteiger partial charge on any atom is 0.407 e. The summed E-state index contributed by atoms with van der Waals surface area (Å²) in [6.07, 6.45) is 0.271. The van der Waals surface area contributed by atoms with Gasteiger partial charge in [-0.25, -0.2) is 4.79 Å². The summed E-state index contributed by atoms with van der Waals surface area (Å²) in [5, 5.41) is 15.0. The summed E-state index contributed by atoms with van der Waals surface area (Å²) in [5.41, 5.74) is -0.554. The fourth-order valence-electron chi connectivity index (χ4n) is 2.11. The summed E-state index contributed by atoms with van der Waals surface area (Å²) in [6, 6.07) is -0.800. The Hall–Kier alpha value is -1.30. The number of aliphatic carboxylic acids is 1. The average Bonchev–Trinajstić information content (AvgIpc) is 2.23. The molecule has 22 heavy (non-hydrogen) atoms. The fraction of sp³-hybridized carbons (Fsp3) is 0.875. The van der Waals surface area contributed by atoms with Crippen LogP contribution in [0.1, 0.15) is 54.9 Å². The van der Waals surface area contributed by atoms with E-state index in [1.807, 2.05) is 34.6 Å². The third-order valence-electron chi connectivity index (χ3n) is 2.99.